The molecule has 6 heteroatoms. The fourth-order valence-electron chi connectivity index (χ4n) is 3.11. The lowest BCUT2D eigenvalue weighted by Gasteiger charge is -2.17. The highest BCUT2D eigenvalue weighted by Gasteiger charge is 2.32. The summed E-state index contributed by atoms with van der Waals surface area (Å²) in [5.41, 5.74) is 2.51. The van der Waals surface area contributed by atoms with Crippen molar-refractivity contribution in [1.29, 1.82) is 0 Å². The van der Waals surface area contributed by atoms with E-state index in [0.717, 1.165) is 11.1 Å². The van der Waals surface area contributed by atoms with Crippen molar-refractivity contribution < 1.29 is 14.3 Å². The summed E-state index contributed by atoms with van der Waals surface area (Å²) in [5.74, 6) is -1.23. The minimum absolute atomic E-state index is 0.105. The van der Waals surface area contributed by atoms with Gasteiger partial charge < -0.3 is 10.4 Å². The zero-order chi connectivity index (χ0) is 16.7. The predicted molar refractivity (Wildman–Crippen MR) is 85.9 cm³/mol. The highest BCUT2D eigenvalue weighted by molar-refractivity contribution is 5.97. The summed E-state index contributed by atoms with van der Waals surface area (Å²) in [6.45, 7) is 0. The Morgan fingerprint density at radius 1 is 1.17 bits per heavy atom. The number of aliphatic hydroxyl groups is 1. The number of nitrogens with zero attached hydrogens (tertiary/aromatic N) is 2. The van der Waals surface area contributed by atoms with Gasteiger partial charge in [0.05, 0.1) is 28.7 Å². The average Bonchev–Trinajstić information content (AvgIpc) is 2.90. The van der Waals surface area contributed by atoms with Gasteiger partial charge in [0, 0.05) is 18.5 Å². The van der Waals surface area contributed by atoms with Crippen LogP contribution in [0.4, 0.5) is 4.39 Å². The lowest BCUT2D eigenvalue weighted by Crippen LogP contribution is -2.38. The molecule has 3 aromatic rings. The van der Waals surface area contributed by atoms with Crippen LogP contribution in [-0.4, -0.2) is 27.0 Å². The number of rotatable bonds is 2. The maximum absolute atomic E-state index is 14.2. The molecule has 0 bridgehead atoms. The number of nitrogens with one attached hydrogen (secondary N) is 1. The second-order valence-corrected chi connectivity index (χ2v) is 5.80. The Morgan fingerprint density at radius 2 is 1.88 bits per heavy atom. The van der Waals surface area contributed by atoms with Crippen LogP contribution in [0.2, 0.25) is 0 Å². The van der Waals surface area contributed by atoms with Crippen molar-refractivity contribution >= 4 is 16.9 Å². The number of carbonyl (C=O) groups is 1. The van der Waals surface area contributed by atoms with Crippen molar-refractivity contribution in [1.82, 2.24) is 15.3 Å². The molecule has 0 radical (unpaired) electrons. The number of aromatic nitrogens is 2. The van der Waals surface area contributed by atoms with Crippen molar-refractivity contribution in [2.24, 2.45) is 0 Å². The number of fused-ring (bicyclic) bond motifs is 2. The molecule has 4 rings (SSSR count). The van der Waals surface area contributed by atoms with E-state index >= 15 is 0 Å². The molecule has 1 aliphatic rings. The number of carbonyl (C=O) groups excluding carboxylic acids is 1. The first kappa shape index (κ1) is 14.7. The summed E-state index contributed by atoms with van der Waals surface area (Å²) < 4.78 is 14.2. The van der Waals surface area contributed by atoms with Crippen LogP contribution in [0.15, 0.2) is 48.8 Å². The van der Waals surface area contributed by atoms with E-state index in [0.29, 0.717) is 17.5 Å². The molecule has 24 heavy (non-hydrogen) atoms. The Morgan fingerprint density at radius 3 is 2.62 bits per heavy atom. The molecule has 1 heterocycles. The SMILES string of the molecule is O=C(N[C@H]1Cc2ccccc2[C@@H]1O)c1cc2nccnc2cc1F. The first-order valence-corrected chi connectivity index (χ1v) is 7.60. The minimum Gasteiger partial charge on any atom is -0.386 e. The van der Waals surface area contributed by atoms with Gasteiger partial charge in [-0.15, -0.1) is 0 Å². The third kappa shape index (κ3) is 2.41. The zero-order valence-electron chi connectivity index (χ0n) is 12.6. The van der Waals surface area contributed by atoms with Crippen LogP contribution in [0.5, 0.6) is 0 Å². The number of hydrogen-bond acceptors (Lipinski definition) is 4. The van der Waals surface area contributed by atoms with Gasteiger partial charge in [-0.1, -0.05) is 24.3 Å². The molecule has 5 nitrogen and oxygen atoms in total. The lowest BCUT2D eigenvalue weighted by molar-refractivity contribution is 0.0855. The van der Waals surface area contributed by atoms with Gasteiger partial charge in [-0.25, -0.2) is 4.39 Å². The zero-order valence-corrected chi connectivity index (χ0v) is 12.6. The Labute approximate surface area is 137 Å². The topological polar surface area (TPSA) is 75.1 Å². The normalized spacial score (nSPS) is 19.2. The van der Waals surface area contributed by atoms with Crippen LogP contribution >= 0.6 is 0 Å². The average molecular weight is 323 g/mol. The fraction of sp³-hybridized carbons (Fsp3) is 0.167. The van der Waals surface area contributed by atoms with E-state index in [1.54, 1.807) is 0 Å². The molecule has 0 spiro atoms. The maximum Gasteiger partial charge on any atom is 0.254 e. The van der Waals surface area contributed by atoms with Gasteiger partial charge in [-0.3, -0.25) is 14.8 Å². The summed E-state index contributed by atoms with van der Waals surface area (Å²) in [4.78, 5) is 20.5. The van der Waals surface area contributed by atoms with Crippen molar-refractivity contribution in [3.05, 3.63) is 71.3 Å². The fourth-order valence-corrected chi connectivity index (χ4v) is 3.11. The second kappa shape index (κ2) is 5.65. The number of aliphatic hydroxyl groups excluding tert-OH is 1. The Balaban J connectivity index is 1.60. The van der Waals surface area contributed by atoms with E-state index in [-0.39, 0.29) is 5.56 Å². The van der Waals surface area contributed by atoms with Crippen molar-refractivity contribution in [3.63, 3.8) is 0 Å². The second-order valence-electron chi connectivity index (χ2n) is 5.80. The molecule has 0 saturated heterocycles. The smallest absolute Gasteiger partial charge is 0.254 e. The molecule has 2 N–H and O–H groups in total. The molecule has 1 amide bonds. The summed E-state index contributed by atoms with van der Waals surface area (Å²) in [5, 5.41) is 13.1. The quantitative estimate of drug-likeness (QED) is 0.758. The summed E-state index contributed by atoms with van der Waals surface area (Å²) >= 11 is 0. The summed E-state index contributed by atoms with van der Waals surface area (Å²) in [7, 11) is 0. The van der Waals surface area contributed by atoms with E-state index in [1.165, 1.54) is 24.5 Å². The van der Waals surface area contributed by atoms with Gasteiger partial charge in [-0.05, 0) is 23.6 Å². The number of amides is 1. The molecule has 0 fully saturated rings. The first-order valence-electron chi connectivity index (χ1n) is 7.60. The van der Waals surface area contributed by atoms with Crippen LogP contribution in [0.25, 0.3) is 11.0 Å². The van der Waals surface area contributed by atoms with Gasteiger partial charge in [0.15, 0.2) is 0 Å². The van der Waals surface area contributed by atoms with Gasteiger partial charge in [0.2, 0.25) is 0 Å². The maximum atomic E-state index is 14.2. The third-order valence-electron chi connectivity index (χ3n) is 4.31. The number of benzene rings is 2. The Hall–Kier alpha value is -2.86. The predicted octanol–water partition coefficient (Wildman–Crippen LogP) is 2.16. The minimum atomic E-state index is -0.798. The summed E-state index contributed by atoms with van der Waals surface area (Å²) in [6, 6.07) is 9.56. The molecule has 120 valence electrons. The lowest BCUT2D eigenvalue weighted by atomic mass is 10.1. The van der Waals surface area contributed by atoms with E-state index in [1.807, 2.05) is 24.3 Å². The highest BCUT2D eigenvalue weighted by Crippen LogP contribution is 2.31. The molecule has 1 aliphatic carbocycles. The third-order valence-corrected chi connectivity index (χ3v) is 4.31. The highest BCUT2D eigenvalue weighted by atomic mass is 19.1. The summed E-state index contributed by atoms with van der Waals surface area (Å²) in [6.07, 6.45) is 2.67. The standard InChI is InChI=1S/C18H14FN3O2/c19-13-9-15-14(20-5-6-21-15)8-12(13)18(24)22-16-7-10-3-1-2-4-11(10)17(16)23/h1-6,8-9,16-17,23H,7H2,(H,22,24)/t16-,17-/m0/s1. The van der Waals surface area contributed by atoms with E-state index in [2.05, 4.69) is 15.3 Å². The number of halogens is 1. The molecule has 2 aromatic carbocycles. The van der Waals surface area contributed by atoms with Gasteiger partial charge in [0.25, 0.3) is 5.91 Å². The molecule has 0 unspecified atom stereocenters. The molecule has 1 aromatic heterocycles. The first-order chi connectivity index (χ1) is 11.6. The van der Waals surface area contributed by atoms with Crippen LogP contribution in [0.3, 0.4) is 0 Å². The molecular weight excluding hydrogens is 309 g/mol. The van der Waals surface area contributed by atoms with Crippen LogP contribution in [0.1, 0.15) is 27.6 Å². The van der Waals surface area contributed by atoms with Crippen LogP contribution in [-0.2, 0) is 6.42 Å². The van der Waals surface area contributed by atoms with Gasteiger partial charge in [0.1, 0.15) is 5.82 Å². The van der Waals surface area contributed by atoms with Gasteiger partial charge >= 0.3 is 0 Å². The van der Waals surface area contributed by atoms with Crippen molar-refractivity contribution in [2.45, 2.75) is 18.6 Å². The molecular formula is C18H14FN3O2. The van der Waals surface area contributed by atoms with Crippen molar-refractivity contribution in [2.75, 3.05) is 0 Å². The van der Waals surface area contributed by atoms with Crippen LogP contribution in [0, 0.1) is 5.82 Å². The van der Waals surface area contributed by atoms with E-state index < -0.39 is 23.9 Å². The monoisotopic (exact) mass is 323 g/mol. The Kier molecular flexibility index (Phi) is 3.46. The largest absolute Gasteiger partial charge is 0.386 e. The molecule has 0 saturated carbocycles. The van der Waals surface area contributed by atoms with Crippen LogP contribution < -0.4 is 5.32 Å². The van der Waals surface area contributed by atoms with Gasteiger partial charge in [-0.2, -0.15) is 0 Å². The molecule has 2 atom stereocenters. The van der Waals surface area contributed by atoms with E-state index in [9.17, 15) is 14.3 Å². The Bertz CT molecular complexity index is 944. The van der Waals surface area contributed by atoms with E-state index in [4.69, 9.17) is 0 Å². The molecule has 0 aliphatic heterocycles. The number of hydrogen-bond donors (Lipinski definition) is 2. The van der Waals surface area contributed by atoms with Crippen molar-refractivity contribution in [3.8, 4) is 0 Å².